The number of ether oxygens (including phenoxy) is 1. The summed E-state index contributed by atoms with van der Waals surface area (Å²) in [6.07, 6.45) is 0.818. The molecule has 2 saturated carbocycles. The van der Waals surface area contributed by atoms with Crippen LogP contribution in [0.15, 0.2) is 11.1 Å². The quantitative estimate of drug-likeness (QED) is 0.506. The number of Topliss-reactive ketones (excluding diaryl/α,β-unsaturated/α-hetero) is 2. The minimum Gasteiger partial charge on any atom is -0.481 e. The molecule has 156 valence electrons. The highest BCUT2D eigenvalue weighted by molar-refractivity contribution is 6.22. The number of esters is 1. The van der Waals surface area contributed by atoms with E-state index < -0.39 is 63.4 Å². The van der Waals surface area contributed by atoms with Crippen LogP contribution in [0.25, 0.3) is 0 Å². The highest BCUT2D eigenvalue weighted by atomic mass is 16.6. The lowest BCUT2D eigenvalue weighted by molar-refractivity contribution is -0.154. The fraction of sp³-hybridized carbons (Fsp3) is 0.727. The summed E-state index contributed by atoms with van der Waals surface area (Å²) in [6, 6.07) is 0. The van der Waals surface area contributed by atoms with Crippen molar-refractivity contribution in [1.82, 2.24) is 0 Å². The zero-order chi connectivity index (χ0) is 21.3. The lowest BCUT2D eigenvalue weighted by Crippen LogP contribution is -2.55. The summed E-state index contributed by atoms with van der Waals surface area (Å²) in [5.41, 5.74) is -4.23. The molecule has 5 rings (SSSR count). The predicted octanol–water partition coefficient (Wildman–Crippen LogP) is 1.66. The molecule has 7 nitrogen and oxygen atoms in total. The summed E-state index contributed by atoms with van der Waals surface area (Å²) < 4.78 is 5.71. The predicted molar refractivity (Wildman–Crippen MR) is 98.4 cm³/mol. The maximum Gasteiger partial charge on any atom is 0.317 e. The Hall–Kier alpha value is -2.02. The Morgan fingerprint density at radius 2 is 1.76 bits per heavy atom. The lowest BCUT2D eigenvalue weighted by Gasteiger charge is -2.51. The van der Waals surface area contributed by atoms with Gasteiger partial charge in [-0.1, -0.05) is 20.3 Å². The molecule has 0 aromatic rings. The zero-order valence-electron chi connectivity index (χ0n) is 17.1. The smallest absolute Gasteiger partial charge is 0.317 e. The molecule has 7 atom stereocenters. The topological polar surface area (TPSA) is 118 Å². The minimum absolute atomic E-state index is 0.169. The van der Waals surface area contributed by atoms with Crippen LogP contribution in [0.2, 0.25) is 0 Å². The van der Waals surface area contributed by atoms with Gasteiger partial charge in [-0.05, 0) is 37.7 Å². The third-order valence-electron chi connectivity index (χ3n) is 8.67. The lowest BCUT2D eigenvalue weighted by atomic mass is 9.48. The van der Waals surface area contributed by atoms with Crippen LogP contribution in [0.3, 0.4) is 0 Å². The van der Waals surface area contributed by atoms with E-state index in [0.29, 0.717) is 12.8 Å². The van der Waals surface area contributed by atoms with Crippen LogP contribution in [0.4, 0.5) is 0 Å². The van der Waals surface area contributed by atoms with Crippen molar-refractivity contribution in [3.63, 3.8) is 0 Å². The van der Waals surface area contributed by atoms with Crippen LogP contribution in [-0.2, 0) is 23.9 Å². The van der Waals surface area contributed by atoms with Gasteiger partial charge in [-0.25, -0.2) is 0 Å². The molecule has 7 heteroatoms. The molecule has 4 aliphatic carbocycles. The number of hydrogen-bond donors (Lipinski definition) is 2. The maximum absolute atomic E-state index is 13.8. The highest BCUT2D eigenvalue weighted by Crippen LogP contribution is 2.72. The Morgan fingerprint density at radius 1 is 1.10 bits per heavy atom. The number of aliphatic carboxylic acids is 1. The van der Waals surface area contributed by atoms with Crippen molar-refractivity contribution in [3.05, 3.63) is 11.1 Å². The average molecular weight is 402 g/mol. The average Bonchev–Trinajstić information content (AvgIpc) is 3.04. The van der Waals surface area contributed by atoms with Crippen LogP contribution in [0, 0.1) is 34.0 Å². The summed E-state index contributed by atoms with van der Waals surface area (Å²) in [4.78, 5) is 52.5. The van der Waals surface area contributed by atoms with Gasteiger partial charge in [0.1, 0.15) is 23.2 Å². The molecule has 1 aliphatic heterocycles. The van der Waals surface area contributed by atoms with Crippen molar-refractivity contribution in [1.29, 1.82) is 0 Å². The maximum atomic E-state index is 13.8. The van der Waals surface area contributed by atoms with E-state index in [1.807, 2.05) is 13.8 Å². The van der Waals surface area contributed by atoms with E-state index in [2.05, 4.69) is 0 Å². The number of fused-ring (bicyclic) bond motifs is 2. The molecule has 0 aromatic heterocycles. The first kappa shape index (κ1) is 19.0. The van der Waals surface area contributed by atoms with Crippen LogP contribution in [0.5, 0.6) is 0 Å². The van der Waals surface area contributed by atoms with Crippen LogP contribution < -0.4 is 0 Å². The van der Waals surface area contributed by atoms with Crippen molar-refractivity contribution >= 4 is 23.5 Å². The van der Waals surface area contributed by atoms with Crippen molar-refractivity contribution < 1.29 is 34.1 Å². The third-order valence-corrected chi connectivity index (χ3v) is 8.67. The number of aliphatic hydroxyl groups is 1. The molecule has 3 fully saturated rings. The van der Waals surface area contributed by atoms with E-state index in [9.17, 15) is 29.4 Å². The monoisotopic (exact) mass is 402 g/mol. The second kappa shape index (κ2) is 4.99. The molecule has 0 radical (unpaired) electrons. The number of rotatable bonds is 1. The van der Waals surface area contributed by atoms with Gasteiger partial charge in [0.15, 0.2) is 5.78 Å². The Morgan fingerprint density at radius 3 is 2.38 bits per heavy atom. The van der Waals surface area contributed by atoms with Gasteiger partial charge in [0.25, 0.3) is 0 Å². The third kappa shape index (κ3) is 1.80. The minimum atomic E-state index is -1.54. The molecule has 1 saturated heterocycles. The van der Waals surface area contributed by atoms with Crippen molar-refractivity contribution in [3.8, 4) is 0 Å². The Kier molecular flexibility index (Phi) is 3.27. The van der Waals surface area contributed by atoms with Crippen LogP contribution >= 0.6 is 0 Å². The highest BCUT2D eigenvalue weighted by Gasteiger charge is 2.79. The summed E-state index contributed by atoms with van der Waals surface area (Å²) in [7, 11) is 0. The first-order valence-electron chi connectivity index (χ1n) is 10.3. The van der Waals surface area contributed by atoms with Crippen molar-refractivity contribution in [2.45, 2.75) is 65.1 Å². The van der Waals surface area contributed by atoms with Gasteiger partial charge < -0.3 is 14.9 Å². The fourth-order valence-corrected chi connectivity index (χ4v) is 7.77. The van der Waals surface area contributed by atoms with Gasteiger partial charge in [0, 0.05) is 23.8 Å². The normalized spacial score (nSPS) is 49.6. The largest absolute Gasteiger partial charge is 0.481 e. The van der Waals surface area contributed by atoms with Gasteiger partial charge in [-0.3, -0.25) is 19.2 Å². The molecule has 5 aliphatic rings. The summed E-state index contributed by atoms with van der Waals surface area (Å²) in [6.45, 7) is 6.99. The summed E-state index contributed by atoms with van der Waals surface area (Å²) in [5, 5.41) is 21.3. The van der Waals surface area contributed by atoms with Crippen LogP contribution in [0.1, 0.15) is 53.4 Å². The Labute approximate surface area is 168 Å². The molecule has 0 amide bonds. The molecule has 2 N–H and O–H groups in total. The number of carboxylic acid groups (broad SMARTS) is 1. The first-order chi connectivity index (χ1) is 13.3. The number of ketones is 2. The molecular formula is C22H26O7. The van der Waals surface area contributed by atoms with E-state index in [1.165, 1.54) is 13.8 Å². The second-order valence-electron chi connectivity index (χ2n) is 10.7. The van der Waals surface area contributed by atoms with Gasteiger partial charge in [-0.15, -0.1) is 0 Å². The first-order valence-corrected chi connectivity index (χ1v) is 10.3. The van der Waals surface area contributed by atoms with Gasteiger partial charge in [0.2, 0.25) is 0 Å². The molecule has 29 heavy (non-hydrogen) atoms. The molecule has 0 spiro atoms. The number of hydrogen-bond acceptors (Lipinski definition) is 6. The second-order valence-corrected chi connectivity index (χ2v) is 10.7. The van der Waals surface area contributed by atoms with Crippen molar-refractivity contribution in [2.75, 3.05) is 0 Å². The van der Waals surface area contributed by atoms with E-state index in [4.69, 9.17) is 4.74 Å². The number of carbonyl (C=O) groups excluding carboxylic acids is 3. The van der Waals surface area contributed by atoms with E-state index in [-0.39, 0.29) is 23.4 Å². The van der Waals surface area contributed by atoms with E-state index >= 15 is 0 Å². The Balaban J connectivity index is 1.87. The van der Waals surface area contributed by atoms with Gasteiger partial charge in [0.05, 0.1) is 11.0 Å². The summed E-state index contributed by atoms with van der Waals surface area (Å²) in [5.74, 6) is -5.19. The van der Waals surface area contributed by atoms with Gasteiger partial charge in [-0.2, -0.15) is 0 Å². The molecule has 0 aromatic carbocycles. The molecule has 0 unspecified atom stereocenters. The Bertz CT molecular complexity index is 941. The standard InChI is InChI=1S/C22H26O7/c1-19(2)6-5-7-22-12-10(11(17(25)26)13(15(19)22)29-18(22)27)14-20(3,28)8-9(23)21(14,4)16(12)24/h11,13-15,28H,5-8H2,1-4H3,(H,25,26)/t11-,13+,14-,15-,20-,21+,22-/m0/s1. The fourth-order valence-electron chi connectivity index (χ4n) is 7.77. The molecule has 2 bridgehead atoms. The van der Waals surface area contributed by atoms with E-state index in [0.717, 1.165) is 6.42 Å². The van der Waals surface area contributed by atoms with Gasteiger partial charge >= 0.3 is 11.9 Å². The van der Waals surface area contributed by atoms with Crippen molar-refractivity contribution in [2.24, 2.45) is 34.0 Å². The molecule has 1 heterocycles. The number of carboxylic acids is 1. The SMILES string of the molecule is CC1(C)CCC[C@]23C(=O)O[C@H]([C@@H](C(=O)O)C4=C2C(=O)[C@]2(C)C(=O)C[C@](C)(O)[C@H]42)[C@@H]13. The van der Waals surface area contributed by atoms with Crippen LogP contribution in [-0.4, -0.2) is 45.4 Å². The summed E-state index contributed by atoms with van der Waals surface area (Å²) >= 11 is 0. The van der Waals surface area contributed by atoms with E-state index in [1.54, 1.807) is 0 Å². The molecular weight excluding hydrogens is 376 g/mol. The number of carbonyl (C=O) groups is 4. The zero-order valence-corrected chi connectivity index (χ0v) is 17.1.